The van der Waals surface area contributed by atoms with E-state index in [0.29, 0.717) is 11.5 Å². The summed E-state index contributed by atoms with van der Waals surface area (Å²) in [6.07, 6.45) is 1.29. The third-order valence-electron chi connectivity index (χ3n) is 3.48. The minimum absolute atomic E-state index is 0.0475. The summed E-state index contributed by atoms with van der Waals surface area (Å²) in [7, 11) is 3.08. The van der Waals surface area contributed by atoms with Crippen molar-refractivity contribution in [2.24, 2.45) is 0 Å². The topological polar surface area (TPSA) is 51.2 Å². The highest BCUT2D eigenvalue weighted by Crippen LogP contribution is 2.37. The van der Waals surface area contributed by atoms with Gasteiger partial charge >= 0.3 is 0 Å². The largest absolute Gasteiger partial charge is 0.502 e. The standard InChI is InChI=1S/C15H23NO4/c1-11-9-16(5-4-6-20-11)10-12-7-13(18-2)15(17)14(8-12)19-3/h7-8,11,17H,4-6,9-10H2,1-3H3. The fourth-order valence-electron chi connectivity index (χ4n) is 2.52. The van der Waals surface area contributed by atoms with Gasteiger partial charge in [-0.05, 0) is 31.0 Å². The summed E-state index contributed by atoms with van der Waals surface area (Å²) in [5, 5.41) is 9.92. The van der Waals surface area contributed by atoms with E-state index in [9.17, 15) is 5.11 Å². The van der Waals surface area contributed by atoms with Gasteiger partial charge in [-0.1, -0.05) is 0 Å². The summed E-state index contributed by atoms with van der Waals surface area (Å²) in [6, 6.07) is 3.71. The van der Waals surface area contributed by atoms with Crippen LogP contribution in [-0.2, 0) is 11.3 Å². The van der Waals surface area contributed by atoms with Crippen molar-refractivity contribution in [1.29, 1.82) is 0 Å². The Morgan fingerprint density at radius 1 is 1.30 bits per heavy atom. The molecule has 0 aliphatic carbocycles. The Balaban J connectivity index is 2.15. The predicted octanol–water partition coefficient (Wildman–Crippen LogP) is 2.02. The number of nitrogens with zero attached hydrogens (tertiary/aromatic N) is 1. The molecule has 2 rings (SSSR count). The number of benzene rings is 1. The van der Waals surface area contributed by atoms with Crippen molar-refractivity contribution in [2.45, 2.75) is 26.0 Å². The zero-order valence-electron chi connectivity index (χ0n) is 12.4. The van der Waals surface area contributed by atoms with E-state index >= 15 is 0 Å². The Bertz CT molecular complexity index is 424. The van der Waals surface area contributed by atoms with Gasteiger partial charge in [0, 0.05) is 26.2 Å². The van der Waals surface area contributed by atoms with Gasteiger partial charge in [0.05, 0.1) is 20.3 Å². The van der Waals surface area contributed by atoms with Crippen LogP contribution >= 0.6 is 0 Å². The fourth-order valence-corrected chi connectivity index (χ4v) is 2.52. The van der Waals surface area contributed by atoms with E-state index in [2.05, 4.69) is 11.8 Å². The van der Waals surface area contributed by atoms with Gasteiger partial charge in [-0.15, -0.1) is 0 Å². The summed E-state index contributed by atoms with van der Waals surface area (Å²) in [5.74, 6) is 0.934. The molecule has 0 spiro atoms. The second-order valence-electron chi connectivity index (χ2n) is 5.12. The van der Waals surface area contributed by atoms with Gasteiger partial charge in [-0.2, -0.15) is 0 Å². The summed E-state index contributed by atoms with van der Waals surface area (Å²) in [4.78, 5) is 2.35. The Kier molecular flexibility index (Phi) is 5.09. The van der Waals surface area contributed by atoms with E-state index in [4.69, 9.17) is 14.2 Å². The first kappa shape index (κ1) is 14.9. The molecule has 5 nitrogen and oxygen atoms in total. The number of hydrogen-bond donors (Lipinski definition) is 1. The summed E-state index contributed by atoms with van der Waals surface area (Å²) >= 11 is 0. The molecule has 112 valence electrons. The highest BCUT2D eigenvalue weighted by Gasteiger charge is 2.17. The fraction of sp³-hybridized carbons (Fsp3) is 0.600. The third-order valence-corrected chi connectivity index (χ3v) is 3.48. The van der Waals surface area contributed by atoms with Crippen LogP contribution in [0.4, 0.5) is 0 Å². The maximum Gasteiger partial charge on any atom is 0.200 e. The first-order valence-corrected chi connectivity index (χ1v) is 6.92. The summed E-state index contributed by atoms with van der Waals surface area (Å²) < 4.78 is 16.0. The van der Waals surface area contributed by atoms with Gasteiger partial charge < -0.3 is 19.3 Å². The van der Waals surface area contributed by atoms with Gasteiger partial charge in [0.1, 0.15) is 0 Å². The number of ether oxygens (including phenoxy) is 3. The molecule has 0 saturated carbocycles. The molecule has 1 aliphatic rings. The van der Waals surface area contributed by atoms with E-state index in [0.717, 1.165) is 38.2 Å². The molecule has 20 heavy (non-hydrogen) atoms. The van der Waals surface area contributed by atoms with Gasteiger partial charge in [0.2, 0.25) is 5.75 Å². The maximum atomic E-state index is 9.92. The number of aromatic hydroxyl groups is 1. The van der Waals surface area contributed by atoms with E-state index < -0.39 is 0 Å². The van der Waals surface area contributed by atoms with Crippen molar-refractivity contribution in [1.82, 2.24) is 4.90 Å². The van der Waals surface area contributed by atoms with Crippen molar-refractivity contribution >= 4 is 0 Å². The zero-order valence-corrected chi connectivity index (χ0v) is 12.4. The lowest BCUT2D eigenvalue weighted by atomic mass is 10.1. The minimum Gasteiger partial charge on any atom is -0.502 e. The lowest BCUT2D eigenvalue weighted by Gasteiger charge is -2.22. The molecular weight excluding hydrogens is 258 g/mol. The molecule has 1 saturated heterocycles. The average Bonchev–Trinajstić information content (AvgIpc) is 2.64. The Labute approximate surface area is 120 Å². The average molecular weight is 281 g/mol. The van der Waals surface area contributed by atoms with Crippen LogP contribution in [0.5, 0.6) is 17.2 Å². The second-order valence-corrected chi connectivity index (χ2v) is 5.12. The number of phenolic OH excluding ortho intramolecular Hbond substituents is 1. The molecule has 1 aromatic carbocycles. The van der Waals surface area contributed by atoms with Gasteiger partial charge in [-0.3, -0.25) is 4.90 Å². The maximum absolute atomic E-state index is 9.92. The van der Waals surface area contributed by atoms with Crippen LogP contribution in [0.25, 0.3) is 0 Å². The van der Waals surface area contributed by atoms with Crippen molar-refractivity contribution in [3.05, 3.63) is 17.7 Å². The van der Waals surface area contributed by atoms with Crippen LogP contribution in [0.15, 0.2) is 12.1 Å². The van der Waals surface area contributed by atoms with Crippen molar-refractivity contribution in [2.75, 3.05) is 33.9 Å². The first-order valence-electron chi connectivity index (χ1n) is 6.92. The molecule has 0 bridgehead atoms. The predicted molar refractivity (Wildman–Crippen MR) is 76.5 cm³/mol. The molecule has 1 unspecified atom stereocenters. The Morgan fingerprint density at radius 3 is 2.55 bits per heavy atom. The highest BCUT2D eigenvalue weighted by atomic mass is 16.5. The minimum atomic E-state index is 0.0475. The molecule has 5 heteroatoms. The van der Waals surface area contributed by atoms with Crippen LogP contribution in [0.2, 0.25) is 0 Å². The summed E-state index contributed by atoms with van der Waals surface area (Å²) in [5.41, 5.74) is 1.06. The number of methoxy groups -OCH3 is 2. The normalized spacial score (nSPS) is 20.4. The van der Waals surface area contributed by atoms with Gasteiger partial charge in [-0.25, -0.2) is 0 Å². The number of rotatable bonds is 4. The molecule has 0 aromatic heterocycles. The monoisotopic (exact) mass is 281 g/mol. The highest BCUT2D eigenvalue weighted by molar-refractivity contribution is 5.52. The van der Waals surface area contributed by atoms with E-state index in [1.54, 1.807) is 14.2 Å². The van der Waals surface area contributed by atoms with Crippen molar-refractivity contribution in [3.63, 3.8) is 0 Å². The molecule has 1 fully saturated rings. The summed E-state index contributed by atoms with van der Waals surface area (Å²) in [6.45, 7) is 5.62. The first-order chi connectivity index (χ1) is 9.63. The molecular formula is C15H23NO4. The SMILES string of the molecule is COc1cc(CN2CCCOC(C)C2)cc(OC)c1O. The van der Waals surface area contributed by atoms with Crippen molar-refractivity contribution in [3.8, 4) is 17.2 Å². The van der Waals surface area contributed by atoms with Crippen LogP contribution in [-0.4, -0.2) is 50.0 Å². The lowest BCUT2D eigenvalue weighted by Crippen LogP contribution is -2.29. The zero-order chi connectivity index (χ0) is 14.5. The third kappa shape index (κ3) is 3.55. The number of hydrogen-bond acceptors (Lipinski definition) is 5. The van der Waals surface area contributed by atoms with Gasteiger partial charge in [0.25, 0.3) is 0 Å². The van der Waals surface area contributed by atoms with Crippen LogP contribution < -0.4 is 9.47 Å². The molecule has 0 radical (unpaired) electrons. The molecule has 1 aromatic rings. The van der Waals surface area contributed by atoms with Crippen LogP contribution in [0, 0.1) is 0 Å². The Hall–Kier alpha value is -1.46. The molecule has 1 N–H and O–H groups in total. The van der Waals surface area contributed by atoms with Crippen molar-refractivity contribution < 1.29 is 19.3 Å². The number of phenols is 1. The smallest absolute Gasteiger partial charge is 0.200 e. The molecule has 1 atom stereocenters. The second kappa shape index (κ2) is 6.81. The van der Waals surface area contributed by atoms with E-state index in [1.165, 1.54) is 0 Å². The van der Waals surface area contributed by atoms with Crippen LogP contribution in [0.1, 0.15) is 18.9 Å². The molecule has 1 aliphatic heterocycles. The lowest BCUT2D eigenvalue weighted by molar-refractivity contribution is 0.0668. The van der Waals surface area contributed by atoms with Crippen LogP contribution in [0.3, 0.4) is 0 Å². The Morgan fingerprint density at radius 2 is 1.95 bits per heavy atom. The quantitative estimate of drug-likeness (QED) is 0.915. The van der Waals surface area contributed by atoms with Gasteiger partial charge in [0.15, 0.2) is 11.5 Å². The van der Waals surface area contributed by atoms with E-state index in [-0.39, 0.29) is 11.9 Å². The molecule has 0 amide bonds. The van der Waals surface area contributed by atoms with E-state index in [1.807, 2.05) is 12.1 Å². The molecule has 1 heterocycles.